The SMILES string of the molecule is CCCCC(=O)Nc1ccc(N2CCC(C(=O)NCC)CC2)cc1. The van der Waals surface area contributed by atoms with Crippen molar-refractivity contribution in [1.82, 2.24) is 5.32 Å². The first-order valence-corrected chi connectivity index (χ1v) is 9.06. The van der Waals surface area contributed by atoms with Crippen molar-refractivity contribution in [3.8, 4) is 0 Å². The van der Waals surface area contributed by atoms with Crippen molar-refractivity contribution in [1.29, 1.82) is 0 Å². The first-order chi connectivity index (χ1) is 11.6. The Morgan fingerprint density at radius 3 is 2.38 bits per heavy atom. The number of nitrogens with zero attached hydrogens (tertiary/aromatic N) is 1. The third kappa shape index (κ3) is 5.25. The predicted octanol–water partition coefficient (Wildman–Crippen LogP) is 3.17. The molecule has 5 heteroatoms. The zero-order chi connectivity index (χ0) is 17.4. The smallest absolute Gasteiger partial charge is 0.224 e. The van der Waals surface area contributed by atoms with Crippen molar-refractivity contribution in [3.05, 3.63) is 24.3 Å². The number of carbonyl (C=O) groups excluding carboxylic acids is 2. The van der Waals surface area contributed by atoms with Gasteiger partial charge >= 0.3 is 0 Å². The molecule has 0 aliphatic carbocycles. The van der Waals surface area contributed by atoms with E-state index in [0.717, 1.165) is 50.1 Å². The number of piperidine rings is 1. The van der Waals surface area contributed by atoms with Gasteiger partial charge in [0.1, 0.15) is 0 Å². The summed E-state index contributed by atoms with van der Waals surface area (Å²) in [4.78, 5) is 25.9. The van der Waals surface area contributed by atoms with Gasteiger partial charge in [-0.3, -0.25) is 9.59 Å². The second-order valence-electron chi connectivity index (χ2n) is 6.35. The third-order valence-corrected chi connectivity index (χ3v) is 4.49. The van der Waals surface area contributed by atoms with Crippen LogP contribution >= 0.6 is 0 Å². The molecule has 0 atom stereocenters. The molecule has 0 spiro atoms. The number of anilines is 2. The Hall–Kier alpha value is -2.04. The van der Waals surface area contributed by atoms with E-state index in [4.69, 9.17) is 0 Å². The number of unbranched alkanes of at least 4 members (excludes halogenated alkanes) is 1. The van der Waals surface area contributed by atoms with Crippen molar-refractivity contribution in [3.63, 3.8) is 0 Å². The van der Waals surface area contributed by atoms with Crippen LogP contribution in [0.4, 0.5) is 11.4 Å². The van der Waals surface area contributed by atoms with E-state index in [1.54, 1.807) is 0 Å². The monoisotopic (exact) mass is 331 g/mol. The number of amides is 2. The summed E-state index contributed by atoms with van der Waals surface area (Å²) in [5.41, 5.74) is 1.99. The van der Waals surface area contributed by atoms with Crippen LogP contribution in [0.15, 0.2) is 24.3 Å². The standard InChI is InChI=1S/C19H29N3O2/c1-3-5-6-18(23)21-16-7-9-17(10-8-16)22-13-11-15(12-14-22)19(24)20-4-2/h7-10,15H,3-6,11-14H2,1-2H3,(H,20,24)(H,21,23). The summed E-state index contributed by atoms with van der Waals surface area (Å²) in [6, 6.07) is 7.99. The largest absolute Gasteiger partial charge is 0.371 e. The molecule has 0 saturated carbocycles. The molecule has 1 heterocycles. The molecule has 2 rings (SSSR count). The summed E-state index contributed by atoms with van der Waals surface area (Å²) in [6.07, 6.45) is 4.30. The van der Waals surface area contributed by atoms with Crippen LogP contribution in [0, 0.1) is 5.92 Å². The second-order valence-corrected chi connectivity index (χ2v) is 6.35. The lowest BCUT2D eigenvalue weighted by Crippen LogP contribution is -2.40. The zero-order valence-corrected chi connectivity index (χ0v) is 14.8. The quantitative estimate of drug-likeness (QED) is 0.807. The van der Waals surface area contributed by atoms with E-state index in [1.165, 1.54) is 0 Å². The molecule has 1 aromatic carbocycles. The topological polar surface area (TPSA) is 61.4 Å². The van der Waals surface area contributed by atoms with Crippen LogP contribution in [0.3, 0.4) is 0 Å². The summed E-state index contributed by atoms with van der Waals surface area (Å²) < 4.78 is 0. The first kappa shape index (κ1) is 18.3. The molecule has 0 radical (unpaired) electrons. The number of carbonyl (C=O) groups is 2. The zero-order valence-electron chi connectivity index (χ0n) is 14.8. The van der Waals surface area contributed by atoms with Gasteiger partial charge in [0.25, 0.3) is 0 Å². The van der Waals surface area contributed by atoms with E-state index in [9.17, 15) is 9.59 Å². The number of nitrogens with one attached hydrogen (secondary N) is 2. The lowest BCUT2D eigenvalue weighted by Gasteiger charge is -2.33. The van der Waals surface area contributed by atoms with E-state index in [0.29, 0.717) is 13.0 Å². The van der Waals surface area contributed by atoms with Gasteiger partial charge in [-0.05, 0) is 50.5 Å². The number of rotatable bonds is 7. The van der Waals surface area contributed by atoms with Crippen LogP contribution in [0.25, 0.3) is 0 Å². The van der Waals surface area contributed by atoms with Crippen LogP contribution in [0.2, 0.25) is 0 Å². The second kappa shape index (κ2) is 9.30. The average molecular weight is 331 g/mol. The Labute approximate surface area is 144 Å². The van der Waals surface area contributed by atoms with Crippen molar-refractivity contribution in [2.24, 2.45) is 5.92 Å². The van der Waals surface area contributed by atoms with Crippen LogP contribution in [-0.2, 0) is 9.59 Å². The summed E-state index contributed by atoms with van der Waals surface area (Å²) in [6.45, 7) is 6.52. The Bertz CT molecular complexity index is 534. The first-order valence-electron chi connectivity index (χ1n) is 9.06. The molecule has 1 fully saturated rings. The maximum absolute atomic E-state index is 11.9. The minimum Gasteiger partial charge on any atom is -0.371 e. The van der Waals surface area contributed by atoms with Crippen molar-refractivity contribution < 1.29 is 9.59 Å². The highest BCUT2D eigenvalue weighted by molar-refractivity contribution is 5.90. The van der Waals surface area contributed by atoms with Crippen LogP contribution in [-0.4, -0.2) is 31.4 Å². The maximum Gasteiger partial charge on any atom is 0.224 e. The molecule has 0 bridgehead atoms. The van der Waals surface area contributed by atoms with Gasteiger partial charge in [0, 0.05) is 43.3 Å². The molecule has 24 heavy (non-hydrogen) atoms. The number of hydrogen-bond donors (Lipinski definition) is 2. The van der Waals surface area contributed by atoms with Crippen molar-refractivity contribution in [2.45, 2.75) is 46.0 Å². The fourth-order valence-corrected chi connectivity index (χ4v) is 3.03. The van der Waals surface area contributed by atoms with Crippen LogP contribution in [0.5, 0.6) is 0 Å². The van der Waals surface area contributed by atoms with Gasteiger partial charge in [-0.2, -0.15) is 0 Å². The molecular weight excluding hydrogens is 302 g/mol. The van der Waals surface area contributed by atoms with E-state index in [-0.39, 0.29) is 17.7 Å². The molecular formula is C19H29N3O2. The minimum atomic E-state index is 0.0763. The summed E-state index contributed by atoms with van der Waals surface area (Å²) in [5, 5.41) is 5.84. The van der Waals surface area contributed by atoms with Gasteiger partial charge in [0.05, 0.1) is 0 Å². The van der Waals surface area contributed by atoms with Crippen molar-refractivity contribution >= 4 is 23.2 Å². The summed E-state index contributed by atoms with van der Waals surface area (Å²) in [7, 11) is 0. The fraction of sp³-hybridized carbons (Fsp3) is 0.579. The molecule has 1 aliphatic rings. The number of hydrogen-bond acceptors (Lipinski definition) is 3. The summed E-state index contributed by atoms with van der Waals surface area (Å²) in [5.74, 6) is 0.396. The Morgan fingerprint density at radius 2 is 1.79 bits per heavy atom. The van der Waals surface area contributed by atoms with Gasteiger partial charge < -0.3 is 15.5 Å². The van der Waals surface area contributed by atoms with Gasteiger partial charge in [0.2, 0.25) is 11.8 Å². The molecule has 132 valence electrons. The Kier molecular flexibility index (Phi) is 7.09. The number of benzene rings is 1. The van der Waals surface area contributed by atoms with Crippen LogP contribution < -0.4 is 15.5 Å². The molecule has 0 aromatic heterocycles. The highest BCUT2D eigenvalue weighted by atomic mass is 16.2. The van der Waals surface area contributed by atoms with E-state index in [2.05, 4.69) is 22.5 Å². The minimum absolute atomic E-state index is 0.0763. The van der Waals surface area contributed by atoms with Gasteiger partial charge in [-0.1, -0.05) is 13.3 Å². The lowest BCUT2D eigenvalue weighted by molar-refractivity contribution is -0.125. The molecule has 5 nitrogen and oxygen atoms in total. The van der Waals surface area contributed by atoms with Crippen molar-refractivity contribution in [2.75, 3.05) is 29.9 Å². The van der Waals surface area contributed by atoms with Gasteiger partial charge in [-0.15, -0.1) is 0 Å². The Morgan fingerprint density at radius 1 is 1.12 bits per heavy atom. The Balaban J connectivity index is 1.84. The molecule has 2 amide bonds. The third-order valence-electron chi connectivity index (χ3n) is 4.49. The van der Waals surface area contributed by atoms with Crippen LogP contribution in [0.1, 0.15) is 46.0 Å². The maximum atomic E-state index is 11.9. The predicted molar refractivity (Wildman–Crippen MR) is 98.2 cm³/mol. The molecule has 1 aliphatic heterocycles. The highest BCUT2D eigenvalue weighted by Crippen LogP contribution is 2.24. The molecule has 1 aromatic rings. The normalized spacial score (nSPS) is 15.2. The van der Waals surface area contributed by atoms with E-state index in [1.807, 2.05) is 31.2 Å². The molecule has 0 unspecified atom stereocenters. The van der Waals surface area contributed by atoms with E-state index >= 15 is 0 Å². The lowest BCUT2D eigenvalue weighted by atomic mass is 9.95. The fourth-order valence-electron chi connectivity index (χ4n) is 3.03. The average Bonchev–Trinajstić information content (AvgIpc) is 2.61. The highest BCUT2D eigenvalue weighted by Gasteiger charge is 2.24. The van der Waals surface area contributed by atoms with Gasteiger partial charge in [0.15, 0.2) is 0 Å². The van der Waals surface area contributed by atoms with E-state index < -0.39 is 0 Å². The summed E-state index contributed by atoms with van der Waals surface area (Å²) >= 11 is 0. The molecule has 2 N–H and O–H groups in total. The molecule has 1 saturated heterocycles. The van der Waals surface area contributed by atoms with Gasteiger partial charge in [-0.25, -0.2) is 0 Å².